The molecule has 1 heterocycles. The number of Topliss-reactive ketones (excluding diaryl/α,β-unsaturated/α-hetero) is 1. The fourth-order valence-corrected chi connectivity index (χ4v) is 3.33. The minimum Gasteiger partial charge on any atom is -0.494 e. The summed E-state index contributed by atoms with van der Waals surface area (Å²) in [6.07, 6.45) is 1.38. The van der Waals surface area contributed by atoms with Gasteiger partial charge in [0.25, 0.3) is 5.91 Å². The first-order chi connectivity index (χ1) is 17.3. The van der Waals surface area contributed by atoms with E-state index in [0.29, 0.717) is 11.4 Å². The molecule has 182 valence electrons. The van der Waals surface area contributed by atoms with Crippen molar-refractivity contribution in [2.75, 3.05) is 17.7 Å². The van der Waals surface area contributed by atoms with Gasteiger partial charge in [-0.25, -0.2) is 23.1 Å². The summed E-state index contributed by atoms with van der Waals surface area (Å²) in [5, 5.41) is 5.33. The van der Waals surface area contributed by atoms with Gasteiger partial charge in [0, 0.05) is 29.2 Å². The van der Waals surface area contributed by atoms with Gasteiger partial charge in [0.1, 0.15) is 11.6 Å². The number of hydrogen-bond acceptors (Lipinski definition) is 6. The molecule has 3 aromatic carbocycles. The van der Waals surface area contributed by atoms with E-state index in [4.69, 9.17) is 4.74 Å². The van der Waals surface area contributed by atoms with Gasteiger partial charge in [0.15, 0.2) is 17.3 Å². The number of amides is 1. The zero-order chi connectivity index (χ0) is 25.7. The van der Waals surface area contributed by atoms with Crippen molar-refractivity contribution in [1.82, 2.24) is 9.97 Å². The molecule has 4 aromatic rings. The highest BCUT2D eigenvalue weighted by molar-refractivity contribution is 6.05. The monoisotopic (exact) mass is 492 g/mol. The van der Waals surface area contributed by atoms with Crippen LogP contribution in [0.2, 0.25) is 0 Å². The number of halogens is 3. The molecular weight excluding hydrogens is 473 g/mol. The number of nitrogens with zero attached hydrogens (tertiary/aromatic N) is 2. The Morgan fingerprint density at radius 1 is 0.917 bits per heavy atom. The van der Waals surface area contributed by atoms with Crippen LogP contribution in [-0.4, -0.2) is 28.8 Å². The molecule has 1 aromatic heterocycles. The van der Waals surface area contributed by atoms with Crippen molar-refractivity contribution >= 4 is 29.0 Å². The van der Waals surface area contributed by atoms with Crippen LogP contribution >= 0.6 is 0 Å². The van der Waals surface area contributed by atoms with Gasteiger partial charge in [-0.2, -0.15) is 0 Å². The summed E-state index contributed by atoms with van der Waals surface area (Å²) in [7, 11) is 1.36. The van der Waals surface area contributed by atoms with Crippen LogP contribution in [0.5, 0.6) is 5.75 Å². The van der Waals surface area contributed by atoms with Crippen LogP contribution in [0.25, 0.3) is 0 Å². The summed E-state index contributed by atoms with van der Waals surface area (Å²) in [5.74, 6) is -3.06. The van der Waals surface area contributed by atoms with Gasteiger partial charge in [-0.15, -0.1) is 0 Å². The van der Waals surface area contributed by atoms with E-state index in [1.807, 2.05) is 0 Å². The van der Waals surface area contributed by atoms with Crippen LogP contribution in [0.15, 0.2) is 72.9 Å². The van der Waals surface area contributed by atoms with Gasteiger partial charge in [0.05, 0.1) is 24.8 Å². The number of benzene rings is 3. The Balaban J connectivity index is 1.44. The number of ketones is 1. The van der Waals surface area contributed by atoms with E-state index in [2.05, 4.69) is 20.6 Å². The summed E-state index contributed by atoms with van der Waals surface area (Å²) in [5.41, 5.74) is 0.862. The average molecular weight is 492 g/mol. The summed E-state index contributed by atoms with van der Waals surface area (Å²) < 4.78 is 46.1. The number of anilines is 3. The molecule has 0 unspecified atom stereocenters. The lowest BCUT2D eigenvalue weighted by atomic mass is 10.1. The fraction of sp³-hybridized carbons (Fsp3) is 0.0769. The Labute approximate surface area is 204 Å². The number of aromatic nitrogens is 2. The second kappa shape index (κ2) is 10.7. The molecule has 36 heavy (non-hydrogen) atoms. The number of ether oxygens (including phenoxy) is 1. The van der Waals surface area contributed by atoms with Crippen molar-refractivity contribution < 1.29 is 27.5 Å². The van der Waals surface area contributed by atoms with Crippen molar-refractivity contribution in [3.63, 3.8) is 0 Å². The average Bonchev–Trinajstić information content (AvgIpc) is 2.86. The molecule has 0 radical (unpaired) electrons. The predicted molar refractivity (Wildman–Crippen MR) is 127 cm³/mol. The Kier molecular flexibility index (Phi) is 7.24. The van der Waals surface area contributed by atoms with Crippen molar-refractivity contribution in [3.05, 3.63) is 107 Å². The Bertz CT molecular complexity index is 1450. The smallest absolute Gasteiger partial charge is 0.258 e. The van der Waals surface area contributed by atoms with E-state index in [-0.39, 0.29) is 35.2 Å². The standard InChI is InChI=1S/C26H19F3N4O3/c1-36-24-8-6-18(13-22(24)29)32-26-30-10-9-19(33-26)14-23(34)15-3-2-4-17(11-15)31-25(35)20-12-16(27)5-7-21(20)28/h2-13H,14H2,1H3,(H,31,35)(H,30,32,33). The molecule has 0 saturated carbocycles. The van der Waals surface area contributed by atoms with Crippen LogP contribution in [-0.2, 0) is 6.42 Å². The maximum absolute atomic E-state index is 13.9. The van der Waals surface area contributed by atoms with Crippen molar-refractivity contribution in [2.45, 2.75) is 6.42 Å². The van der Waals surface area contributed by atoms with E-state index in [1.54, 1.807) is 24.3 Å². The van der Waals surface area contributed by atoms with Crippen LogP contribution in [0.4, 0.5) is 30.5 Å². The fourth-order valence-electron chi connectivity index (χ4n) is 3.33. The highest BCUT2D eigenvalue weighted by Gasteiger charge is 2.15. The van der Waals surface area contributed by atoms with E-state index in [1.165, 1.54) is 37.6 Å². The maximum atomic E-state index is 13.9. The zero-order valence-corrected chi connectivity index (χ0v) is 18.9. The number of methoxy groups -OCH3 is 1. The van der Waals surface area contributed by atoms with Gasteiger partial charge in [-0.1, -0.05) is 12.1 Å². The van der Waals surface area contributed by atoms with Crippen LogP contribution in [0.1, 0.15) is 26.4 Å². The second-order valence-corrected chi connectivity index (χ2v) is 7.60. The third-order valence-electron chi connectivity index (χ3n) is 5.08. The first kappa shape index (κ1) is 24.4. The highest BCUT2D eigenvalue weighted by atomic mass is 19.1. The number of carbonyl (C=O) groups excluding carboxylic acids is 2. The normalized spacial score (nSPS) is 10.6. The minimum absolute atomic E-state index is 0.0793. The van der Waals surface area contributed by atoms with E-state index >= 15 is 0 Å². The lowest BCUT2D eigenvalue weighted by molar-refractivity contribution is 0.0988. The van der Waals surface area contributed by atoms with Gasteiger partial charge >= 0.3 is 0 Å². The Morgan fingerprint density at radius 3 is 2.53 bits per heavy atom. The lowest BCUT2D eigenvalue weighted by Crippen LogP contribution is -2.15. The van der Waals surface area contributed by atoms with Crippen LogP contribution in [0.3, 0.4) is 0 Å². The zero-order valence-electron chi connectivity index (χ0n) is 18.9. The molecule has 1 amide bonds. The molecule has 0 aliphatic rings. The number of carbonyl (C=O) groups is 2. The maximum Gasteiger partial charge on any atom is 0.258 e. The van der Waals surface area contributed by atoms with Crippen molar-refractivity contribution in [1.29, 1.82) is 0 Å². The van der Waals surface area contributed by atoms with Crippen molar-refractivity contribution in [3.8, 4) is 5.75 Å². The second-order valence-electron chi connectivity index (χ2n) is 7.60. The Morgan fingerprint density at radius 2 is 1.75 bits per heavy atom. The molecule has 0 saturated heterocycles. The third-order valence-corrected chi connectivity index (χ3v) is 5.08. The summed E-state index contributed by atoms with van der Waals surface area (Å²) in [4.78, 5) is 33.6. The van der Waals surface area contributed by atoms with E-state index in [0.717, 1.165) is 18.2 Å². The molecule has 0 spiro atoms. The quantitative estimate of drug-likeness (QED) is 0.323. The van der Waals surface area contributed by atoms with Crippen LogP contribution in [0, 0.1) is 17.5 Å². The molecular formula is C26H19F3N4O3. The summed E-state index contributed by atoms with van der Waals surface area (Å²) in [6, 6.07) is 14.5. The van der Waals surface area contributed by atoms with E-state index < -0.39 is 28.9 Å². The minimum atomic E-state index is -0.869. The highest BCUT2D eigenvalue weighted by Crippen LogP contribution is 2.22. The first-order valence-corrected chi connectivity index (χ1v) is 10.6. The Hall–Kier alpha value is -4.73. The molecule has 10 heteroatoms. The van der Waals surface area contributed by atoms with Crippen molar-refractivity contribution in [2.24, 2.45) is 0 Å². The molecule has 7 nitrogen and oxygen atoms in total. The van der Waals surface area contributed by atoms with Gasteiger partial charge < -0.3 is 15.4 Å². The molecule has 0 fully saturated rings. The molecule has 0 bridgehead atoms. The topological polar surface area (TPSA) is 93.2 Å². The van der Waals surface area contributed by atoms with E-state index in [9.17, 15) is 22.8 Å². The van der Waals surface area contributed by atoms with Gasteiger partial charge in [-0.3, -0.25) is 9.59 Å². The number of hydrogen-bond donors (Lipinski definition) is 2. The van der Waals surface area contributed by atoms with Gasteiger partial charge in [-0.05, 0) is 48.5 Å². The summed E-state index contributed by atoms with van der Waals surface area (Å²) in [6.45, 7) is 0. The number of rotatable bonds is 8. The molecule has 0 aliphatic carbocycles. The SMILES string of the molecule is COc1ccc(Nc2nccc(CC(=O)c3cccc(NC(=O)c4cc(F)ccc4F)c3)n2)cc1F. The molecule has 2 N–H and O–H groups in total. The molecule has 0 atom stereocenters. The molecule has 4 rings (SSSR count). The predicted octanol–water partition coefficient (Wildman–Crippen LogP) is 5.32. The largest absolute Gasteiger partial charge is 0.494 e. The van der Waals surface area contributed by atoms with Crippen LogP contribution < -0.4 is 15.4 Å². The third kappa shape index (κ3) is 5.84. The number of nitrogens with one attached hydrogen (secondary N) is 2. The van der Waals surface area contributed by atoms with Gasteiger partial charge in [0.2, 0.25) is 5.95 Å². The molecule has 0 aliphatic heterocycles. The lowest BCUT2D eigenvalue weighted by Gasteiger charge is -2.09. The summed E-state index contributed by atoms with van der Waals surface area (Å²) >= 11 is 0. The first-order valence-electron chi connectivity index (χ1n) is 10.6.